The highest BCUT2D eigenvalue weighted by Gasteiger charge is 2.04. The van der Waals surface area contributed by atoms with E-state index >= 15 is 0 Å². The van der Waals surface area contributed by atoms with E-state index in [4.69, 9.17) is 5.73 Å². The summed E-state index contributed by atoms with van der Waals surface area (Å²) in [5.41, 5.74) is 10.3. The minimum Gasteiger partial charge on any atom is -0.330 e. The Balaban J connectivity index is 2.16. The first-order valence-corrected chi connectivity index (χ1v) is 6.51. The van der Waals surface area contributed by atoms with Gasteiger partial charge in [-0.2, -0.15) is 0 Å². The lowest BCUT2D eigenvalue weighted by Gasteiger charge is -2.07. The number of rotatable bonds is 3. The van der Waals surface area contributed by atoms with Gasteiger partial charge in [-0.15, -0.1) is 0 Å². The molecule has 2 heteroatoms. The van der Waals surface area contributed by atoms with Crippen molar-refractivity contribution in [1.29, 1.82) is 0 Å². The molecular formula is C17H16N2. The highest BCUT2D eigenvalue weighted by Crippen LogP contribution is 2.27. The van der Waals surface area contributed by atoms with Crippen LogP contribution in [0.5, 0.6) is 0 Å². The summed E-state index contributed by atoms with van der Waals surface area (Å²) in [6.45, 7) is 0.678. The Morgan fingerprint density at radius 1 is 0.947 bits per heavy atom. The first-order valence-electron chi connectivity index (χ1n) is 6.51. The second-order valence-electron chi connectivity index (χ2n) is 4.62. The number of nitrogens with two attached hydrogens (primary N) is 1. The first kappa shape index (κ1) is 11.9. The normalized spacial score (nSPS) is 10.8. The molecular weight excluding hydrogens is 232 g/mol. The van der Waals surface area contributed by atoms with Gasteiger partial charge in [0.2, 0.25) is 0 Å². The largest absolute Gasteiger partial charge is 0.330 e. The summed E-state index contributed by atoms with van der Waals surface area (Å²) in [6.07, 6.45) is 2.75. The van der Waals surface area contributed by atoms with Gasteiger partial charge < -0.3 is 5.73 Å². The van der Waals surface area contributed by atoms with Crippen molar-refractivity contribution in [3.8, 4) is 11.1 Å². The number of para-hydroxylation sites is 1. The molecule has 0 aliphatic heterocycles. The van der Waals surface area contributed by atoms with Crippen LogP contribution in [0.4, 0.5) is 0 Å². The van der Waals surface area contributed by atoms with E-state index in [0.29, 0.717) is 6.54 Å². The molecule has 0 fully saturated rings. The number of pyridine rings is 1. The summed E-state index contributed by atoms with van der Waals surface area (Å²) in [4.78, 5) is 4.51. The molecule has 0 spiro atoms. The lowest BCUT2D eigenvalue weighted by atomic mass is 9.99. The highest BCUT2D eigenvalue weighted by molar-refractivity contribution is 5.93. The van der Waals surface area contributed by atoms with Crippen molar-refractivity contribution >= 4 is 10.9 Å². The van der Waals surface area contributed by atoms with Crippen LogP contribution >= 0.6 is 0 Å². The average Bonchev–Trinajstić information content (AvgIpc) is 2.47. The van der Waals surface area contributed by atoms with Gasteiger partial charge in [0.15, 0.2) is 0 Å². The number of aromatic nitrogens is 1. The van der Waals surface area contributed by atoms with Crippen LogP contribution in [0.2, 0.25) is 0 Å². The van der Waals surface area contributed by atoms with E-state index in [-0.39, 0.29) is 0 Å². The van der Waals surface area contributed by atoms with Gasteiger partial charge >= 0.3 is 0 Å². The summed E-state index contributed by atoms with van der Waals surface area (Å²) < 4.78 is 0. The van der Waals surface area contributed by atoms with E-state index in [1.165, 1.54) is 22.1 Å². The quantitative estimate of drug-likeness (QED) is 0.771. The Morgan fingerprint density at radius 2 is 1.79 bits per heavy atom. The van der Waals surface area contributed by atoms with Crippen molar-refractivity contribution < 1.29 is 0 Å². The van der Waals surface area contributed by atoms with Crippen LogP contribution in [0.1, 0.15) is 5.56 Å². The summed E-state index contributed by atoms with van der Waals surface area (Å²) >= 11 is 0. The fraction of sp³-hybridized carbons (Fsp3) is 0.118. The van der Waals surface area contributed by atoms with Crippen LogP contribution < -0.4 is 5.73 Å². The van der Waals surface area contributed by atoms with Crippen molar-refractivity contribution in [1.82, 2.24) is 4.98 Å². The first-order chi connectivity index (χ1) is 9.38. The van der Waals surface area contributed by atoms with Gasteiger partial charge in [-0.25, -0.2) is 0 Å². The lowest BCUT2D eigenvalue weighted by Crippen LogP contribution is -2.02. The molecule has 1 heterocycles. The minimum absolute atomic E-state index is 0.678. The Labute approximate surface area is 112 Å². The van der Waals surface area contributed by atoms with Crippen molar-refractivity contribution in [3.05, 3.63) is 66.4 Å². The molecule has 3 aromatic rings. The predicted octanol–water partition coefficient (Wildman–Crippen LogP) is 3.40. The molecule has 0 unspecified atom stereocenters. The number of hydrogen-bond donors (Lipinski definition) is 1. The van der Waals surface area contributed by atoms with Gasteiger partial charge in [-0.05, 0) is 30.2 Å². The van der Waals surface area contributed by atoms with Crippen LogP contribution in [-0.2, 0) is 6.42 Å². The molecule has 19 heavy (non-hydrogen) atoms. The van der Waals surface area contributed by atoms with E-state index in [1.807, 2.05) is 12.3 Å². The fourth-order valence-electron chi connectivity index (χ4n) is 2.40. The molecule has 1 aromatic heterocycles. The molecule has 0 saturated heterocycles. The molecule has 2 N–H and O–H groups in total. The minimum atomic E-state index is 0.678. The van der Waals surface area contributed by atoms with Crippen LogP contribution in [0.3, 0.4) is 0 Å². The lowest BCUT2D eigenvalue weighted by molar-refractivity contribution is 0.969. The van der Waals surface area contributed by atoms with Crippen LogP contribution in [-0.4, -0.2) is 11.5 Å². The van der Waals surface area contributed by atoms with Gasteiger partial charge in [-0.1, -0.05) is 48.5 Å². The van der Waals surface area contributed by atoms with Crippen molar-refractivity contribution in [2.45, 2.75) is 6.42 Å². The number of nitrogens with zero attached hydrogens (tertiary/aromatic N) is 1. The van der Waals surface area contributed by atoms with E-state index in [1.54, 1.807) is 0 Å². The zero-order valence-corrected chi connectivity index (χ0v) is 10.7. The van der Waals surface area contributed by atoms with Crippen LogP contribution in [0, 0.1) is 0 Å². The van der Waals surface area contributed by atoms with Crippen molar-refractivity contribution in [3.63, 3.8) is 0 Å². The molecule has 0 saturated carbocycles. The molecule has 94 valence electrons. The molecule has 0 aliphatic rings. The van der Waals surface area contributed by atoms with Gasteiger partial charge in [-0.3, -0.25) is 4.98 Å². The number of hydrogen-bond acceptors (Lipinski definition) is 2. The standard InChI is InChI=1S/C17H16N2/c18-10-9-13-4-1-6-15(12-13)16-8-2-5-14-7-3-11-19-17(14)16/h1-8,11-12H,9-10,18H2. The summed E-state index contributed by atoms with van der Waals surface area (Å²) in [6, 6.07) is 18.9. The van der Waals surface area contributed by atoms with Gasteiger partial charge in [0.05, 0.1) is 5.52 Å². The third kappa shape index (κ3) is 2.35. The van der Waals surface area contributed by atoms with E-state index in [0.717, 1.165) is 11.9 Å². The maximum Gasteiger partial charge on any atom is 0.0780 e. The number of benzene rings is 2. The molecule has 2 nitrogen and oxygen atoms in total. The summed E-state index contributed by atoms with van der Waals surface area (Å²) in [5, 5.41) is 1.17. The zero-order valence-electron chi connectivity index (χ0n) is 10.7. The Hall–Kier alpha value is -2.19. The average molecular weight is 248 g/mol. The second kappa shape index (κ2) is 5.21. The van der Waals surface area contributed by atoms with E-state index in [9.17, 15) is 0 Å². The Kier molecular flexibility index (Phi) is 3.25. The Morgan fingerprint density at radius 3 is 2.68 bits per heavy atom. The highest BCUT2D eigenvalue weighted by atomic mass is 14.6. The van der Waals surface area contributed by atoms with Crippen molar-refractivity contribution in [2.24, 2.45) is 5.73 Å². The molecule has 2 aromatic carbocycles. The second-order valence-corrected chi connectivity index (χ2v) is 4.62. The third-order valence-electron chi connectivity index (χ3n) is 3.30. The van der Waals surface area contributed by atoms with Crippen LogP contribution in [0.25, 0.3) is 22.0 Å². The van der Waals surface area contributed by atoms with E-state index in [2.05, 4.69) is 53.5 Å². The predicted molar refractivity (Wildman–Crippen MR) is 79.9 cm³/mol. The fourth-order valence-corrected chi connectivity index (χ4v) is 2.40. The molecule has 0 bridgehead atoms. The summed E-state index contributed by atoms with van der Waals surface area (Å²) in [5.74, 6) is 0. The van der Waals surface area contributed by atoms with Gasteiger partial charge in [0, 0.05) is 17.1 Å². The van der Waals surface area contributed by atoms with Gasteiger partial charge in [0.25, 0.3) is 0 Å². The summed E-state index contributed by atoms with van der Waals surface area (Å²) in [7, 11) is 0. The smallest absolute Gasteiger partial charge is 0.0780 e. The monoisotopic (exact) mass is 248 g/mol. The maximum absolute atomic E-state index is 5.63. The third-order valence-corrected chi connectivity index (χ3v) is 3.30. The van der Waals surface area contributed by atoms with E-state index < -0.39 is 0 Å². The Bertz CT molecular complexity index is 699. The zero-order chi connectivity index (χ0) is 13.1. The van der Waals surface area contributed by atoms with Crippen LogP contribution in [0.15, 0.2) is 60.8 Å². The molecule has 0 amide bonds. The molecule has 0 radical (unpaired) electrons. The number of fused-ring (bicyclic) bond motifs is 1. The maximum atomic E-state index is 5.63. The molecule has 0 aliphatic carbocycles. The SMILES string of the molecule is NCCc1cccc(-c2cccc3cccnc23)c1. The van der Waals surface area contributed by atoms with Crippen molar-refractivity contribution in [2.75, 3.05) is 6.54 Å². The topological polar surface area (TPSA) is 38.9 Å². The molecule has 3 rings (SSSR count). The van der Waals surface area contributed by atoms with Gasteiger partial charge in [0.1, 0.15) is 0 Å². The molecule has 0 atom stereocenters.